The van der Waals surface area contributed by atoms with E-state index in [9.17, 15) is 18.0 Å². The van der Waals surface area contributed by atoms with Crippen molar-refractivity contribution in [3.63, 3.8) is 0 Å². The Hall–Kier alpha value is -1.76. The van der Waals surface area contributed by atoms with Gasteiger partial charge in [0.2, 0.25) is 0 Å². The highest BCUT2D eigenvalue weighted by Crippen LogP contribution is 2.25. The molecule has 0 spiro atoms. The van der Waals surface area contributed by atoms with Crippen molar-refractivity contribution in [3.8, 4) is 5.75 Å². The van der Waals surface area contributed by atoms with Crippen molar-refractivity contribution in [2.24, 2.45) is 11.7 Å². The number of carbonyl (C=O) groups excluding carboxylic acids is 1. The van der Waals surface area contributed by atoms with Crippen LogP contribution in [-0.4, -0.2) is 24.9 Å². The first kappa shape index (κ1) is 16.6. The number of benzene rings is 1. The Bertz CT molecular complexity index is 503. The van der Waals surface area contributed by atoms with Gasteiger partial charge in [-0.2, -0.15) is 0 Å². The molecule has 2 atom stereocenters. The van der Waals surface area contributed by atoms with E-state index in [1.807, 2.05) is 0 Å². The molecule has 0 aromatic heterocycles. The van der Waals surface area contributed by atoms with Crippen LogP contribution in [0.3, 0.4) is 0 Å². The largest absolute Gasteiger partial charge is 0.573 e. The maximum atomic E-state index is 12.2. The lowest BCUT2D eigenvalue weighted by atomic mass is 9.84. The molecule has 7 heteroatoms. The summed E-state index contributed by atoms with van der Waals surface area (Å²) < 4.78 is 40.0. The minimum absolute atomic E-state index is 0.0253. The summed E-state index contributed by atoms with van der Waals surface area (Å²) in [5, 5.41) is 2.92. The molecule has 3 N–H and O–H groups in total. The van der Waals surface area contributed by atoms with Crippen LogP contribution in [0.4, 0.5) is 13.2 Å². The van der Waals surface area contributed by atoms with Crippen LogP contribution in [0.15, 0.2) is 24.3 Å². The molecule has 0 heterocycles. The third-order valence-electron chi connectivity index (χ3n) is 3.88. The summed E-state index contributed by atoms with van der Waals surface area (Å²) >= 11 is 0. The molecule has 4 nitrogen and oxygen atoms in total. The number of nitrogens with two attached hydrogens (primary N) is 1. The van der Waals surface area contributed by atoms with Gasteiger partial charge in [-0.05, 0) is 49.6 Å². The van der Waals surface area contributed by atoms with Gasteiger partial charge in [0.15, 0.2) is 0 Å². The normalized spacial score (nSPS) is 22.2. The van der Waals surface area contributed by atoms with Crippen molar-refractivity contribution in [2.75, 3.05) is 6.54 Å². The fraction of sp³-hybridized carbons (Fsp3) is 0.533. The highest BCUT2D eigenvalue weighted by molar-refractivity contribution is 5.94. The van der Waals surface area contributed by atoms with Crippen molar-refractivity contribution in [3.05, 3.63) is 29.8 Å². The molecule has 22 heavy (non-hydrogen) atoms. The van der Waals surface area contributed by atoms with Crippen molar-refractivity contribution in [2.45, 2.75) is 38.1 Å². The number of carbonyl (C=O) groups is 1. The van der Waals surface area contributed by atoms with E-state index in [0.29, 0.717) is 12.1 Å². The number of hydrogen-bond donors (Lipinski definition) is 2. The monoisotopic (exact) mass is 316 g/mol. The molecule has 1 aliphatic carbocycles. The zero-order valence-electron chi connectivity index (χ0n) is 12.0. The molecule has 1 amide bonds. The lowest BCUT2D eigenvalue weighted by molar-refractivity contribution is -0.274. The average Bonchev–Trinajstić information content (AvgIpc) is 2.47. The van der Waals surface area contributed by atoms with E-state index in [-0.39, 0.29) is 23.6 Å². The van der Waals surface area contributed by atoms with Crippen LogP contribution in [-0.2, 0) is 0 Å². The number of rotatable bonds is 4. The first-order chi connectivity index (χ1) is 10.4. The van der Waals surface area contributed by atoms with Gasteiger partial charge in [0.25, 0.3) is 5.91 Å². The van der Waals surface area contributed by atoms with Crippen LogP contribution in [0.1, 0.15) is 36.0 Å². The smallest absolute Gasteiger partial charge is 0.406 e. The molecule has 1 aromatic rings. The predicted molar refractivity (Wildman–Crippen MR) is 75.4 cm³/mol. The van der Waals surface area contributed by atoms with Crippen LogP contribution in [0.25, 0.3) is 0 Å². The second kappa shape index (κ2) is 7.00. The van der Waals surface area contributed by atoms with Gasteiger partial charge in [-0.1, -0.05) is 12.8 Å². The number of hydrogen-bond acceptors (Lipinski definition) is 3. The van der Waals surface area contributed by atoms with E-state index in [4.69, 9.17) is 5.73 Å². The Balaban J connectivity index is 1.97. The molecule has 122 valence electrons. The summed E-state index contributed by atoms with van der Waals surface area (Å²) in [7, 11) is 0. The first-order valence-corrected chi connectivity index (χ1v) is 7.26. The van der Waals surface area contributed by atoms with Crippen LogP contribution >= 0.6 is 0 Å². The first-order valence-electron chi connectivity index (χ1n) is 7.26. The second-order valence-corrected chi connectivity index (χ2v) is 5.43. The molecule has 0 saturated heterocycles. The maximum Gasteiger partial charge on any atom is 0.573 e. The van der Waals surface area contributed by atoms with E-state index in [1.54, 1.807) is 0 Å². The topological polar surface area (TPSA) is 64.3 Å². The minimum Gasteiger partial charge on any atom is -0.406 e. The third-order valence-corrected chi connectivity index (χ3v) is 3.88. The molecular weight excluding hydrogens is 297 g/mol. The van der Waals surface area contributed by atoms with E-state index >= 15 is 0 Å². The van der Waals surface area contributed by atoms with Gasteiger partial charge in [0.05, 0.1) is 0 Å². The van der Waals surface area contributed by atoms with E-state index in [2.05, 4.69) is 10.1 Å². The molecular formula is C15H19F3N2O2. The van der Waals surface area contributed by atoms with E-state index in [1.165, 1.54) is 12.1 Å². The number of amides is 1. The quantitative estimate of drug-likeness (QED) is 0.898. The van der Waals surface area contributed by atoms with Gasteiger partial charge >= 0.3 is 6.36 Å². The summed E-state index contributed by atoms with van der Waals surface area (Å²) in [5.41, 5.74) is 6.01. The van der Waals surface area contributed by atoms with Crippen LogP contribution in [0.5, 0.6) is 5.75 Å². The second-order valence-electron chi connectivity index (χ2n) is 5.43. The molecule has 0 aliphatic heterocycles. The summed E-state index contributed by atoms with van der Waals surface area (Å²) in [4.78, 5) is 12.2. The van der Waals surface area contributed by atoms with Gasteiger partial charge in [-0.3, -0.25) is 4.79 Å². The van der Waals surface area contributed by atoms with E-state index < -0.39 is 6.36 Å². The lowest BCUT2D eigenvalue weighted by Crippen LogP contribution is -2.44. The Morgan fingerprint density at radius 2 is 1.86 bits per heavy atom. The molecule has 0 bridgehead atoms. The fourth-order valence-corrected chi connectivity index (χ4v) is 2.74. The van der Waals surface area contributed by atoms with Crippen molar-refractivity contribution in [1.29, 1.82) is 0 Å². The lowest BCUT2D eigenvalue weighted by Gasteiger charge is -2.31. The Morgan fingerprint density at radius 1 is 1.23 bits per heavy atom. The molecule has 1 saturated carbocycles. The van der Waals surface area contributed by atoms with Gasteiger partial charge in [-0.15, -0.1) is 13.2 Å². The van der Waals surface area contributed by atoms with Crippen LogP contribution < -0.4 is 15.8 Å². The highest BCUT2D eigenvalue weighted by Gasteiger charge is 2.31. The molecule has 2 rings (SSSR count). The minimum atomic E-state index is -4.74. The van der Waals surface area contributed by atoms with Crippen molar-refractivity contribution < 1.29 is 22.7 Å². The molecule has 2 unspecified atom stereocenters. The number of halogens is 3. The number of ether oxygens (including phenoxy) is 1. The Labute approximate surface area is 126 Å². The average molecular weight is 316 g/mol. The zero-order valence-corrected chi connectivity index (χ0v) is 12.0. The molecule has 1 aliphatic rings. The summed E-state index contributed by atoms with van der Waals surface area (Å²) in [6.45, 7) is 0.517. The zero-order chi connectivity index (χ0) is 16.2. The summed E-state index contributed by atoms with van der Waals surface area (Å²) in [6.07, 6.45) is -0.722. The highest BCUT2D eigenvalue weighted by atomic mass is 19.4. The fourth-order valence-electron chi connectivity index (χ4n) is 2.74. The number of alkyl halides is 3. The van der Waals surface area contributed by atoms with Crippen LogP contribution in [0, 0.1) is 5.92 Å². The molecule has 1 fully saturated rings. The van der Waals surface area contributed by atoms with Crippen molar-refractivity contribution >= 4 is 5.91 Å². The van der Waals surface area contributed by atoms with E-state index in [0.717, 1.165) is 37.8 Å². The van der Waals surface area contributed by atoms with Gasteiger partial charge < -0.3 is 15.8 Å². The SMILES string of the molecule is NCC1CCCCC1NC(=O)c1ccc(OC(F)(F)F)cc1. The van der Waals surface area contributed by atoms with Gasteiger partial charge in [0, 0.05) is 11.6 Å². The maximum absolute atomic E-state index is 12.2. The van der Waals surface area contributed by atoms with Crippen LogP contribution in [0.2, 0.25) is 0 Å². The van der Waals surface area contributed by atoms with Gasteiger partial charge in [-0.25, -0.2) is 0 Å². The molecule has 1 aromatic carbocycles. The Morgan fingerprint density at radius 3 is 2.45 bits per heavy atom. The van der Waals surface area contributed by atoms with Crippen molar-refractivity contribution in [1.82, 2.24) is 5.32 Å². The Kier molecular flexibility index (Phi) is 5.28. The predicted octanol–water partition coefficient (Wildman–Crippen LogP) is 2.83. The van der Waals surface area contributed by atoms with Gasteiger partial charge in [0.1, 0.15) is 5.75 Å². The number of nitrogens with one attached hydrogen (secondary N) is 1. The summed E-state index contributed by atoms with van der Waals surface area (Å²) in [5.74, 6) is -0.393. The third kappa shape index (κ3) is 4.62. The summed E-state index contributed by atoms with van der Waals surface area (Å²) in [6, 6.07) is 4.91. The standard InChI is InChI=1S/C15H19F3N2O2/c16-15(17,18)22-12-7-5-10(6-8-12)14(21)20-13-4-2-1-3-11(13)9-19/h5-8,11,13H,1-4,9,19H2,(H,20,21). The molecule has 0 radical (unpaired) electrons.